The SMILES string of the molecule is CN1CCC(NC(=O)c2cc(C(N)=O)nn2C)CC1. The van der Waals surface area contributed by atoms with Gasteiger partial charge in [-0.15, -0.1) is 0 Å². The normalized spacial score (nSPS) is 17.4. The predicted octanol–water partition coefficient (Wildman–Crippen LogP) is -0.657. The van der Waals surface area contributed by atoms with Crippen LogP contribution in [0.1, 0.15) is 33.8 Å². The van der Waals surface area contributed by atoms with Crippen LogP contribution in [0.4, 0.5) is 0 Å². The average Bonchev–Trinajstić information content (AvgIpc) is 2.74. The zero-order chi connectivity index (χ0) is 14.0. The summed E-state index contributed by atoms with van der Waals surface area (Å²) in [6, 6.07) is 1.60. The summed E-state index contributed by atoms with van der Waals surface area (Å²) in [7, 11) is 3.69. The number of hydrogen-bond acceptors (Lipinski definition) is 4. The Morgan fingerprint density at radius 2 is 2.00 bits per heavy atom. The molecule has 2 amide bonds. The van der Waals surface area contributed by atoms with Crippen LogP contribution in [0, 0.1) is 0 Å². The third-order valence-corrected chi connectivity index (χ3v) is 3.42. The highest BCUT2D eigenvalue weighted by Crippen LogP contribution is 2.10. The van der Waals surface area contributed by atoms with Crippen molar-refractivity contribution in [3.63, 3.8) is 0 Å². The number of carbonyl (C=O) groups is 2. The van der Waals surface area contributed by atoms with Crippen molar-refractivity contribution in [2.75, 3.05) is 20.1 Å². The molecule has 0 aliphatic carbocycles. The first-order chi connectivity index (χ1) is 8.97. The molecule has 0 atom stereocenters. The van der Waals surface area contributed by atoms with Crippen LogP contribution in [0.3, 0.4) is 0 Å². The van der Waals surface area contributed by atoms with E-state index in [-0.39, 0.29) is 17.6 Å². The van der Waals surface area contributed by atoms with Gasteiger partial charge < -0.3 is 16.0 Å². The number of likely N-dealkylation sites (tertiary alicyclic amines) is 1. The zero-order valence-corrected chi connectivity index (χ0v) is 11.2. The van der Waals surface area contributed by atoms with Gasteiger partial charge in [0.05, 0.1) is 0 Å². The number of hydrogen-bond donors (Lipinski definition) is 2. The van der Waals surface area contributed by atoms with Gasteiger partial charge in [0.15, 0.2) is 5.69 Å². The van der Waals surface area contributed by atoms with E-state index in [4.69, 9.17) is 5.73 Å². The van der Waals surface area contributed by atoms with Crippen LogP contribution in [-0.2, 0) is 7.05 Å². The van der Waals surface area contributed by atoms with Crippen molar-refractivity contribution in [3.05, 3.63) is 17.5 Å². The van der Waals surface area contributed by atoms with Crippen LogP contribution < -0.4 is 11.1 Å². The maximum Gasteiger partial charge on any atom is 0.269 e. The number of primary amides is 1. The highest BCUT2D eigenvalue weighted by atomic mass is 16.2. The van der Waals surface area contributed by atoms with Crippen LogP contribution in [0.5, 0.6) is 0 Å². The molecule has 0 bridgehead atoms. The number of nitrogens with zero attached hydrogens (tertiary/aromatic N) is 3. The molecule has 104 valence electrons. The van der Waals surface area contributed by atoms with E-state index in [9.17, 15) is 9.59 Å². The van der Waals surface area contributed by atoms with Gasteiger partial charge in [-0.25, -0.2) is 0 Å². The summed E-state index contributed by atoms with van der Waals surface area (Å²) in [5.74, 6) is -0.842. The molecule has 1 saturated heterocycles. The number of aryl methyl sites for hydroxylation is 1. The van der Waals surface area contributed by atoms with Crippen LogP contribution in [-0.4, -0.2) is 52.7 Å². The fourth-order valence-corrected chi connectivity index (χ4v) is 2.21. The lowest BCUT2D eigenvalue weighted by Gasteiger charge is -2.29. The molecular weight excluding hydrogens is 246 g/mol. The summed E-state index contributed by atoms with van der Waals surface area (Å²) >= 11 is 0. The third kappa shape index (κ3) is 3.11. The standard InChI is InChI=1S/C12H19N5O2/c1-16-5-3-8(4-6-16)14-12(19)10-7-9(11(13)18)15-17(10)2/h7-8H,3-6H2,1-2H3,(H2,13,18)(H,14,19). The van der Waals surface area contributed by atoms with E-state index in [0.717, 1.165) is 25.9 Å². The molecule has 1 aromatic heterocycles. The second-order valence-electron chi connectivity index (χ2n) is 4.95. The predicted molar refractivity (Wildman–Crippen MR) is 69.7 cm³/mol. The number of nitrogens with two attached hydrogens (primary N) is 1. The molecule has 0 aromatic carbocycles. The second kappa shape index (κ2) is 5.40. The molecule has 2 rings (SSSR count). The fraction of sp³-hybridized carbons (Fsp3) is 0.583. The first-order valence-electron chi connectivity index (χ1n) is 6.30. The maximum atomic E-state index is 12.1. The van der Waals surface area contributed by atoms with Crippen molar-refractivity contribution in [2.24, 2.45) is 12.8 Å². The minimum Gasteiger partial charge on any atom is -0.364 e. The number of aromatic nitrogens is 2. The van der Waals surface area contributed by atoms with E-state index in [1.54, 1.807) is 7.05 Å². The summed E-state index contributed by atoms with van der Waals surface area (Å²) in [4.78, 5) is 25.4. The van der Waals surface area contributed by atoms with Crippen LogP contribution in [0.25, 0.3) is 0 Å². The number of rotatable bonds is 3. The Labute approximate surface area is 111 Å². The summed E-state index contributed by atoms with van der Waals surface area (Å²) in [6.45, 7) is 1.95. The van der Waals surface area contributed by atoms with Gasteiger partial charge in [0.25, 0.3) is 11.8 Å². The first-order valence-corrected chi connectivity index (χ1v) is 6.30. The summed E-state index contributed by atoms with van der Waals surface area (Å²) in [5.41, 5.74) is 5.61. The van der Waals surface area contributed by atoms with E-state index >= 15 is 0 Å². The highest BCUT2D eigenvalue weighted by Gasteiger charge is 2.21. The van der Waals surface area contributed by atoms with Crippen molar-refractivity contribution < 1.29 is 9.59 Å². The molecule has 1 aliphatic heterocycles. The lowest BCUT2D eigenvalue weighted by Crippen LogP contribution is -2.43. The lowest BCUT2D eigenvalue weighted by atomic mass is 10.1. The Morgan fingerprint density at radius 3 is 2.53 bits per heavy atom. The molecule has 0 unspecified atom stereocenters. The van der Waals surface area contributed by atoms with Gasteiger partial charge in [0.2, 0.25) is 0 Å². The molecule has 3 N–H and O–H groups in total. The smallest absolute Gasteiger partial charge is 0.269 e. The number of amides is 2. The number of piperidine rings is 1. The largest absolute Gasteiger partial charge is 0.364 e. The lowest BCUT2D eigenvalue weighted by molar-refractivity contribution is 0.0906. The molecule has 7 nitrogen and oxygen atoms in total. The highest BCUT2D eigenvalue weighted by molar-refractivity contribution is 5.97. The van der Waals surface area contributed by atoms with Gasteiger partial charge in [0, 0.05) is 19.2 Å². The van der Waals surface area contributed by atoms with Gasteiger partial charge in [0.1, 0.15) is 5.69 Å². The molecule has 2 heterocycles. The third-order valence-electron chi connectivity index (χ3n) is 3.42. The maximum absolute atomic E-state index is 12.1. The summed E-state index contributed by atoms with van der Waals surface area (Å²) < 4.78 is 1.38. The molecule has 0 saturated carbocycles. The topological polar surface area (TPSA) is 93.2 Å². The van der Waals surface area contributed by atoms with Crippen LogP contribution in [0.15, 0.2) is 6.07 Å². The molecule has 7 heteroatoms. The van der Waals surface area contributed by atoms with Crippen molar-refractivity contribution in [2.45, 2.75) is 18.9 Å². The van der Waals surface area contributed by atoms with Crippen molar-refractivity contribution in [3.8, 4) is 0 Å². The van der Waals surface area contributed by atoms with E-state index in [0.29, 0.717) is 5.69 Å². The average molecular weight is 265 g/mol. The van der Waals surface area contributed by atoms with Crippen molar-refractivity contribution in [1.82, 2.24) is 20.0 Å². The van der Waals surface area contributed by atoms with Crippen LogP contribution in [0.2, 0.25) is 0 Å². The van der Waals surface area contributed by atoms with Gasteiger partial charge >= 0.3 is 0 Å². The quantitative estimate of drug-likeness (QED) is 0.759. The molecule has 0 radical (unpaired) electrons. The van der Waals surface area contributed by atoms with Gasteiger partial charge in [-0.05, 0) is 33.0 Å². The zero-order valence-electron chi connectivity index (χ0n) is 11.2. The molecular formula is C12H19N5O2. The van der Waals surface area contributed by atoms with E-state index in [2.05, 4.69) is 22.4 Å². The molecule has 1 fully saturated rings. The minimum absolute atomic E-state index is 0.107. The molecule has 1 aliphatic rings. The summed E-state index contributed by atoms with van der Waals surface area (Å²) in [5, 5.41) is 6.88. The van der Waals surface area contributed by atoms with E-state index in [1.807, 2.05) is 0 Å². The van der Waals surface area contributed by atoms with Crippen molar-refractivity contribution >= 4 is 11.8 Å². The second-order valence-corrected chi connectivity index (χ2v) is 4.95. The molecule has 0 spiro atoms. The van der Waals surface area contributed by atoms with Crippen molar-refractivity contribution in [1.29, 1.82) is 0 Å². The number of nitrogens with one attached hydrogen (secondary N) is 1. The molecule has 19 heavy (non-hydrogen) atoms. The molecule has 1 aromatic rings. The Kier molecular flexibility index (Phi) is 3.84. The minimum atomic E-state index is -0.631. The monoisotopic (exact) mass is 265 g/mol. The Morgan fingerprint density at radius 1 is 1.37 bits per heavy atom. The Bertz CT molecular complexity index is 488. The summed E-state index contributed by atoms with van der Waals surface area (Å²) in [6.07, 6.45) is 1.87. The van der Waals surface area contributed by atoms with Gasteiger partial charge in [-0.2, -0.15) is 5.10 Å². The Balaban J connectivity index is 2.02. The van der Waals surface area contributed by atoms with Gasteiger partial charge in [-0.3, -0.25) is 14.3 Å². The van der Waals surface area contributed by atoms with Crippen LogP contribution >= 0.6 is 0 Å². The first kappa shape index (κ1) is 13.5. The fourth-order valence-electron chi connectivity index (χ4n) is 2.21. The van der Waals surface area contributed by atoms with E-state index in [1.165, 1.54) is 10.7 Å². The number of carbonyl (C=O) groups excluding carboxylic acids is 2. The van der Waals surface area contributed by atoms with Gasteiger partial charge in [-0.1, -0.05) is 0 Å². The van der Waals surface area contributed by atoms with E-state index < -0.39 is 5.91 Å². The Hall–Kier alpha value is -1.89.